The van der Waals surface area contributed by atoms with E-state index in [9.17, 15) is 0 Å². The minimum atomic E-state index is -0.0119. The molecule has 2 aromatic rings. The number of hydrogen-bond acceptors (Lipinski definition) is 4. The Morgan fingerprint density at radius 3 is 2.86 bits per heavy atom. The number of thiophene rings is 1. The number of aliphatic hydroxyl groups is 1. The summed E-state index contributed by atoms with van der Waals surface area (Å²) < 4.78 is 0.759. The van der Waals surface area contributed by atoms with Crippen molar-refractivity contribution < 1.29 is 5.11 Å². The molecule has 1 aliphatic heterocycles. The van der Waals surface area contributed by atoms with Crippen LogP contribution in [0, 0.1) is 0 Å². The standard InChI is InChI=1S/C15H16ClN3OS2/c16-12-6-5-11(22-12)14-13(10-4-1-2-7-17-10)18-15(21)19(14)8-3-9-20/h1-2,4-7,13-14,20H,3,8-9H2,(H,18,21)/t13-,14+/m1/s1. The smallest absolute Gasteiger partial charge is 0.170 e. The van der Waals surface area contributed by atoms with Gasteiger partial charge < -0.3 is 15.3 Å². The molecule has 0 unspecified atom stereocenters. The normalized spacial score (nSPS) is 21.2. The van der Waals surface area contributed by atoms with E-state index in [4.69, 9.17) is 28.9 Å². The number of aliphatic hydroxyl groups excluding tert-OH is 1. The summed E-state index contributed by atoms with van der Waals surface area (Å²) >= 11 is 13.2. The first-order valence-electron chi connectivity index (χ1n) is 7.05. The van der Waals surface area contributed by atoms with Crippen LogP contribution in [0.5, 0.6) is 0 Å². The van der Waals surface area contributed by atoms with E-state index in [1.54, 1.807) is 17.5 Å². The minimum Gasteiger partial charge on any atom is -0.396 e. The van der Waals surface area contributed by atoms with Crippen molar-refractivity contribution in [3.05, 3.63) is 51.4 Å². The van der Waals surface area contributed by atoms with Gasteiger partial charge in [-0.25, -0.2) is 0 Å². The van der Waals surface area contributed by atoms with Crippen molar-refractivity contribution in [3.63, 3.8) is 0 Å². The number of hydrogen-bond donors (Lipinski definition) is 2. The van der Waals surface area contributed by atoms with Crippen LogP contribution in [0.25, 0.3) is 0 Å². The zero-order valence-electron chi connectivity index (χ0n) is 11.8. The highest BCUT2D eigenvalue weighted by molar-refractivity contribution is 7.80. The molecule has 22 heavy (non-hydrogen) atoms. The lowest BCUT2D eigenvalue weighted by Gasteiger charge is -2.26. The van der Waals surface area contributed by atoms with Crippen molar-refractivity contribution in [3.8, 4) is 0 Å². The molecule has 2 aromatic heterocycles. The summed E-state index contributed by atoms with van der Waals surface area (Å²) in [6.07, 6.45) is 2.46. The third-order valence-electron chi connectivity index (χ3n) is 3.64. The van der Waals surface area contributed by atoms with Gasteiger partial charge in [0.25, 0.3) is 0 Å². The van der Waals surface area contributed by atoms with E-state index in [2.05, 4.69) is 15.2 Å². The van der Waals surface area contributed by atoms with Crippen LogP contribution in [0.4, 0.5) is 0 Å². The van der Waals surface area contributed by atoms with E-state index in [-0.39, 0.29) is 18.7 Å². The van der Waals surface area contributed by atoms with E-state index in [1.165, 1.54) is 0 Å². The van der Waals surface area contributed by atoms with Crippen molar-refractivity contribution in [2.75, 3.05) is 13.2 Å². The minimum absolute atomic E-state index is 0.0119. The Bertz CT molecular complexity index is 649. The summed E-state index contributed by atoms with van der Waals surface area (Å²) in [6.45, 7) is 0.844. The van der Waals surface area contributed by atoms with Gasteiger partial charge in [-0.05, 0) is 42.9 Å². The molecule has 0 spiro atoms. The van der Waals surface area contributed by atoms with Crippen LogP contribution in [-0.2, 0) is 0 Å². The lowest BCUT2D eigenvalue weighted by atomic mass is 10.0. The number of thiocarbonyl (C=S) groups is 1. The molecule has 0 aromatic carbocycles. The summed E-state index contributed by atoms with van der Waals surface area (Å²) in [7, 11) is 0. The van der Waals surface area contributed by atoms with Crippen LogP contribution in [0.15, 0.2) is 36.5 Å². The topological polar surface area (TPSA) is 48.4 Å². The Kier molecular flexibility index (Phi) is 4.93. The van der Waals surface area contributed by atoms with Crippen molar-refractivity contribution in [2.24, 2.45) is 0 Å². The van der Waals surface area contributed by atoms with Gasteiger partial charge in [0.1, 0.15) is 0 Å². The van der Waals surface area contributed by atoms with E-state index in [0.29, 0.717) is 18.1 Å². The number of nitrogens with one attached hydrogen (secondary N) is 1. The Morgan fingerprint density at radius 1 is 1.36 bits per heavy atom. The molecule has 0 radical (unpaired) electrons. The van der Waals surface area contributed by atoms with Gasteiger partial charge in [0, 0.05) is 24.2 Å². The Hall–Kier alpha value is -1.21. The average Bonchev–Trinajstić information content (AvgIpc) is 3.09. The number of pyridine rings is 1. The van der Waals surface area contributed by atoms with E-state index < -0.39 is 0 Å². The predicted octanol–water partition coefficient (Wildman–Crippen LogP) is 3.15. The lowest BCUT2D eigenvalue weighted by molar-refractivity contribution is 0.249. The molecule has 0 bridgehead atoms. The van der Waals surface area contributed by atoms with Gasteiger partial charge in [0.05, 0.1) is 22.1 Å². The summed E-state index contributed by atoms with van der Waals surface area (Å²) in [5, 5.41) is 13.2. The first kappa shape index (κ1) is 15.7. The quantitative estimate of drug-likeness (QED) is 0.809. The summed E-state index contributed by atoms with van der Waals surface area (Å²) in [6, 6.07) is 9.85. The number of halogens is 1. The molecule has 7 heteroatoms. The molecule has 2 atom stereocenters. The third-order valence-corrected chi connectivity index (χ3v) is 5.29. The van der Waals surface area contributed by atoms with Crippen LogP contribution < -0.4 is 5.32 Å². The lowest BCUT2D eigenvalue weighted by Crippen LogP contribution is -2.30. The molecular weight excluding hydrogens is 338 g/mol. The molecule has 1 aliphatic rings. The molecule has 1 saturated heterocycles. The molecule has 3 heterocycles. The van der Waals surface area contributed by atoms with Crippen LogP contribution in [0.1, 0.15) is 29.1 Å². The largest absolute Gasteiger partial charge is 0.396 e. The maximum atomic E-state index is 9.14. The maximum absolute atomic E-state index is 9.14. The van der Waals surface area contributed by atoms with Gasteiger partial charge in [-0.15, -0.1) is 11.3 Å². The molecule has 0 amide bonds. The van der Waals surface area contributed by atoms with Crippen LogP contribution in [0.3, 0.4) is 0 Å². The summed E-state index contributed by atoms with van der Waals surface area (Å²) in [4.78, 5) is 7.73. The monoisotopic (exact) mass is 353 g/mol. The highest BCUT2D eigenvalue weighted by atomic mass is 35.5. The molecule has 2 N–H and O–H groups in total. The van der Waals surface area contributed by atoms with Crippen molar-refractivity contribution >= 4 is 40.3 Å². The van der Waals surface area contributed by atoms with Crippen LogP contribution in [0.2, 0.25) is 4.34 Å². The first-order valence-corrected chi connectivity index (χ1v) is 8.65. The second kappa shape index (κ2) is 6.91. The van der Waals surface area contributed by atoms with Crippen molar-refractivity contribution in [2.45, 2.75) is 18.5 Å². The van der Waals surface area contributed by atoms with Gasteiger partial charge in [0.15, 0.2) is 5.11 Å². The fraction of sp³-hybridized carbons (Fsp3) is 0.333. The van der Waals surface area contributed by atoms with Gasteiger partial charge >= 0.3 is 0 Å². The molecular formula is C15H16ClN3OS2. The van der Waals surface area contributed by atoms with Gasteiger partial charge in [0.2, 0.25) is 0 Å². The van der Waals surface area contributed by atoms with Gasteiger partial charge in [-0.2, -0.15) is 0 Å². The Morgan fingerprint density at radius 2 is 2.23 bits per heavy atom. The fourth-order valence-electron chi connectivity index (χ4n) is 2.68. The Labute approximate surface area is 143 Å². The number of rotatable bonds is 5. The molecule has 4 nitrogen and oxygen atoms in total. The SMILES string of the molecule is OCCCN1C(=S)N[C@H](c2ccccn2)[C@@H]1c1ccc(Cl)s1. The van der Waals surface area contributed by atoms with E-state index in [1.807, 2.05) is 30.3 Å². The number of nitrogens with zero attached hydrogens (tertiary/aromatic N) is 2. The zero-order chi connectivity index (χ0) is 15.5. The van der Waals surface area contributed by atoms with Crippen LogP contribution >= 0.6 is 35.2 Å². The highest BCUT2D eigenvalue weighted by Crippen LogP contribution is 2.42. The van der Waals surface area contributed by atoms with Gasteiger partial charge in [-0.1, -0.05) is 17.7 Å². The maximum Gasteiger partial charge on any atom is 0.170 e. The zero-order valence-corrected chi connectivity index (χ0v) is 14.2. The van der Waals surface area contributed by atoms with E-state index >= 15 is 0 Å². The second-order valence-corrected chi connectivity index (χ2v) is 7.17. The molecule has 1 fully saturated rings. The average molecular weight is 354 g/mol. The summed E-state index contributed by atoms with van der Waals surface area (Å²) in [5.41, 5.74) is 0.950. The molecule has 3 rings (SSSR count). The predicted molar refractivity (Wildman–Crippen MR) is 93.2 cm³/mol. The van der Waals surface area contributed by atoms with Crippen molar-refractivity contribution in [1.29, 1.82) is 0 Å². The molecule has 0 aliphatic carbocycles. The third kappa shape index (κ3) is 3.10. The van der Waals surface area contributed by atoms with E-state index in [0.717, 1.165) is 14.9 Å². The second-order valence-electron chi connectivity index (χ2n) is 5.04. The Balaban J connectivity index is 1.96. The highest BCUT2D eigenvalue weighted by Gasteiger charge is 2.40. The fourth-order valence-corrected chi connectivity index (χ4v) is 4.23. The molecule has 0 saturated carbocycles. The number of aromatic nitrogens is 1. The summed E-state index contributed by atoms with van der Waals surface area (Å²) in [5.74, 6) is 0. The van der Waals surface area contributed by atoms with Gasteiger partial charge in [-0.3, -0.25) is 4.98 Å². The first-order chi connectivity index (χ1) is 10.7. The van der Waals surface area contributed by atoms with Crippen LogP contribution in [-0.4, -0.2) is 33.3 Å². The molecule has 116 valence electrons. The van der Waals surface area contributed by atoms with Crippen molar-refractivity contribution in [1.82, 2.24) is 15.2 Å².